The van der Waals surface area contributed by atoms with Crippen molar-refractivity contribution in [3.8, 4) is 0 Å². The molecule has 1 aliphatic heterocycles. The number of rotatable bonds is 7. The van der Waals surface area contributed by atoms with E-state index in [-0.39, 0.29) is 23.8 Å². The number of carbonyl (C=O) groups is 2. The predicted molar refractivity (Wildman–Crippen MR) is 137 cm³/mol. The number of ether oxygens (including phenoxy) is 1. The zero-order chi connectivity index (χ0) is 26.6. The molecule has 1 saturated carbocycles. The molecule has 2 fully saturated rings. The summed E-state index contributed by atoms with van der Waals surface area (Å²) in [7, 11) is 1.35. The first-order chi connectivity index (χ1) is 17.7. The number of carbonyl (C=O) groups excluding carboxylic acids is 2. The Kier molecular flexibility index (Phi) is 8.67. The molecular weight excluding hydrogens is 505 g/mol. The molecule has 2 atom stereocenters. The van der Waals surface area contributed by atoms with E-state index in [1.807, 2.05) is 4.90 Å². The molecule has 1 saturated heterocycles. The fourth-order valence-electron chi connectivity index (χ4n) is 5.57. The van der Waals surface area contributed by atoms with Crippen LogP contribution in [0, 0.1) is 11.8 Å². The van der Waals surface area contributed by atoms with Crippen LogP contribution in [0.5, 0.6) is 0 Å². The van der Waals surface area contributed by atoms with E-state index in [1.165, 1.54) is 19.2 Å². The molecule has 4 rings (SSSR count). The number of alkyl halides is 3. The van der Waals surface area contributed by atoms with Crippen LogP contribution in [-0.4, -0.2) is 38.1 Å². The Balaban J connectivity index is 1.30. The zero-order valence-electron chi connectivity index (χ0n) is 20.8. The average Bonchev–Trinajstić information content (AvgIpc) is 3.33. The first-order valence-electron chi connectivity index (χ1n) is 12.7. The molecule has 1 N–H and O–H groups in total. The number of hydrogen-bond donors (Lipinski definition) is 1. The summed E-state index contributed by atoms with van der Waals surface area (Å²) in [5, 5.41) is 3.82. The van der Waals surface area contributed by atoms with Gasteiger partial charge in [0.2, 0.25) is 5.91 Å². The first-order valence-corrected chi connectivity index (χ1v) is 13.1. The van der Waals surface area contributed by atoms with Gasteiger partial charge in [0, 0.05) is 35.8 Å². The van der Waals surface area contributed by atoms with Gasteiger partial charge in [0.05, 0.1) is 18.2 Å². The van der Waals surface area contributed by atoms with Gasteiger partial charge < -0.3 is 15.0 Å². The maximum Gasteiger partial charge on any atom is 0.416 e. The number of piperidine rings is 1. The Morgan fingerprint density at radius 1 is 1.08 bits per heavy atom. The summed E-state index contributed by atoms with van der Waals surface area (Å²) >= 11 is 6.16. The summed E-state index contributed by atoms with van der Waals surface area (Å²) in [6.45, 7) is 1.08. The molecule has 1 aliphatic carbocycles. The monoisotopic (exact) mass is 536 g/mol. The molecule has 2 aromatic carbocycles. The van der Waals surface area contributed by atoms with E-state index >= 15 is 0 Å². The SMILES string of the molecule is COC(=O)c1ccc(Cl)cc1CC[C@@H]1CCC[C@@H]1NC(=O)C1CCN(c2cccc(C(F)(F)F)c2)CC1. The van der Waals surface area contributed by atoms with E-state index in [2.05, 4.69) is 5.32 Å². The van der Waals surface area contributed by atoms with Crippen LogP contribution in [0.15, 0.2) is 42.5 Å². The van der Waals surface area contributed by atoms with E-state index in [4.69, 9.17) is 16.3 Å². The van der Waals surface area contributed by atoms with Gasteiger partial charge in [-0.15, -0.1) is 0 Å². The van der Waals surface area contributed by atoms with E-state index in [1.54, 1.807) is 24.3 Å². The Hall–Kier alpha value is -2.74. The van der Waals surface area contributed by atoms with Crippen LogP contribution in [0.1, 0.15) is 60.0 Å². The van der Waals surface area contributed by atoms with Crippen molar-refractivity contribution in [3.05, 3.63) is 64.2 Å². The standard InChI is InChI=1S/C28H32ClF3N2O3/c1-37-27(36)24-11-10-22(29)16-20(24)9-8-18-4-2-7-25(18)33-26(35)19-12-14-34(15-13-19)23-6-3-5-21(17-23)28(30,31)32/h3,5-6,10-11,16-19,25H,2,4,7-9,12-15H2,1H3,(H,33,35)/t18-,25-/m0/s1. The number of amides is 1. The number of nitrogens with zero attached hydrogens (tertiary/aromatic N) is 1. The second kappa shape index (κ2) is 11.8. The van der Waals surface area contributed by atoms with Crippen molar-refractivity contribution >= 4 is 29.2 Å². The van der Waals surface area contributed by atoms with Gasteiger partial charge in [0.1, 0.15) is 0 Å². The Labute approximate surface area is 220 Å². The number of benzene rings is 2. The van der Waals surface area contributed by atoms with Gasteiger partial charge in [-0.1, -0.05) is 24.1 Å². The smallest absolute Gasteiger partial charge is 0.416 e. The van der Waals surface area contributed by atoms with Crippen LogP contribution in [0.4, 0.5) is 18.9 Å². The van der Waals surface area contributed by atoms with Crippen LogP contribution >= 0.6 is 11.6 Å². The van der Waals surface area contributed by atoms with E-state index in [0.29, 0.717) is 54.5 Å². The van der Waals surface area contributed by atoms with Gasteiger partial charge in [-0.3, -0.25) is 4.79 Å². The molecule has 200 valence electrons. The van der Waals surface area contributed by atoms with Crippen molar-refractivity contribution < 1.29 is 27.5 Å². The zero-order valence-corrected chi connectivity index (χ0v) is 21.6. The van der Waals surface area contributed by atoms with E-state index in [0.717, 1.165) is 37.3 Å². The van der Waals surface area contributed by atoms with E-state index < -0.39 is 11.7 Å². The lowest BCUT2D eigenvalue weighted by Crippen LogP contribution is -2.45. The minimum Gasteiger partial charge on any atom is -0.465 e. The topological polar surface area (TPSA) is 58.6 Å². The Morgan fingerprint density at radius 3 is 2.54 bits per heavy atom. The molecule has 0 bridgehead atoms. The van der Waals surface area contributed by atoms with Crippen molar-refractivity contribution in [1.82, 2.24) is 5.32 Å². The van der Waals surface area contributed by atoms with Crippen LogP contribution in [0.25, 0.3) is 0 Å². The number of esters is 1. The minimum atomic E-state index is -4.38. The number of methoxy groups -OCH3 is 1. The predicted octanol–water partition coefficient (Wildman–Crippen LogP) is 6.28. The molecule has 0 aromatic heterocycles. The third-order valence-corrected chi connectivity index (χ3v) is 7.88. The van der Waals surface area contributed by atoms with Gasteiger partial charge in [0.15, 0.2) is 0 Å². The van der Waals surface area contributed by atoms with Gasteiger partial charge in [0.25, 0.3) is 0 Å². The molecule has 5 nitrogen and oxygen atoms in total. The maximum absolute atomic E-state index is 13.1. The van der Waals surface area contributed by atoms with Crippen molar-refractivity contribution in [1.29, 1.82) is 0 Å². The highest BCUT2D eigenvalue weighted by atomic mass is 35.5. The van der Waals surface area contributed by atoms with Gasteiger partial charge in [-0.25, -0.2) is 4.79 Å². The molecule has 37 heavy (non-hydrogen) atoms. The van der Waals surface area contributed by atoms with Crippen molar-refractivity contribution in [2.75, 3.05) is 25.1 Å². The molecule has 0 radical (unpaired) electrons. The van der Waals surface area contributed by atoms with Crippen LogP contribution in [0.2, 0.25) is 5.02 Å². The largest absolute Gasteiger partial charge is 0.465 e. The number of hydrogen-bond acceptors (Lipinski definition) is 4. The maximum atomic E-state index is 13.1. The molecule has 2 aromatic rings. The molecule has 9 heteroatoms. The summed E-state index contributed by atoms with van der Waals surface area (Å²) < 4.78 is 44.1. The fraction of sp³-hybridized carbons (Fsp3) is 0.500. The second-order valence-electron chi connectivity index (χ2n) is 9.95. The number of aryl methyl sites for hydroxylation is 1. The Bertz CT molecular complexity index is 1120. The molecule has 0 unspecified atom stereocenters. The second-order valence-corrected chi connectivity index (χ2v) is 10.4. The lowest BCUT2D eigenvalue weighted by molar-refractivity contribution is -0.137. The number of nitrogens with one attached hydrogen (secondary N) is 1. The molecule has 1 amide bonds. The summed E-state index contributed by atoms with van der Waals surface area (Å²) in [4.78, 5) is 27.1. The highest BCUT2D eigenvalue weighted by Gasteiger charge is 2.33. The van der Waals surface area contributed by atoms with Gasteiger partial charge in [-0.05, 0) is 86.4 Å². The fourth-order valence-corrected chi connectivity index (χ4v) is 5.77. The normalized spacial score (nSPS) is 20.6. The summed E-state index contributed by atoms with van der Waals surface area (Å²) in [6.07, 6.45) is 1.27. The molecule has 0 spiro atoms. The number of halogens is 4. The first kappa shape index (κ1) is 27.3. The number of anilines is 1. The molecular formula is C28H32ClF3N2O3. The third kappa shape index (κ3) is 6.78. The van der Waals surface area contributed by atoms with Crippen molar-refractivity contribution in [3.63, 3.8) is 0 Å². The quantitative estimate of drug-likeness (QED) is 0.423. The Morgan fingerprint density at radius 2 is 1.84 bits per heavy atom. The van der Waals surface area contributed by atoms with Crippen LogP contribution in [-0.2, 0) is 22.1 Å². The van der Waals surface area contributed by atoms with Crippen LogP contribution in [0.3, 0.4) is 0 Å². The highest BCUT2D eigenvalue weighted by molar-refractivity contribution is 6.30. The summed E-state index contributed by atoms with van der Waals surface area (Å²) in [5.74, 6) is -0.209. The van der Waals surface area contributed by atoms with E-state index in [9.17, 15) is 22.8 Å². The average molecular weight is 537 g/mol. The van der Waals surface area contributed by atoms with Crippen molar-refractivity contribution in [2.24, 2.45) is 11.8 Å². The summed E-state index contributed by atoms with van der Waals surface area (Å²) in [6, 6.07) is 10.6. The van der Waals surface area contributed by atoms with Crippen LogP contribution < -0.4 is 10.2 Å². The van der Waals surface area contributed by atoms with Gasteiger partial charge in [-0.2, -0.15) is 13.2 Å². The molecule has 1 heterocycles. The third-order valence-electron chi connectivity index (χ3n) is 7.65. The lowest BCUT2D eigenvalue weighted by Gasteiger charge is -2.34. The lowest BCUT2D eigenvalue weighted by atomic mass is 9.91. The highest BCUT2D eigenvalue weighted by Crippen LogP contribution is 2.34. The minimum absolute atomic E-state index is 0.0265. The van der Waals surface area contributed by atoms with Crippen molar-refractivity contribution in [2.45, 2.75) is 57.2 Å². The molecule has 2 aliphatic rings. The summed E-state index contributed by atoms with van der Waals surface area (Å²) in [5.41, 5.74) is 1.24. The van der Waals surface area contributed by atoms with Gasteiger partial charge >= 0.3 is 12.1 Å².